The molecule has 0 spiro atoms. The summed E-state index contributed by atoms with van der Waals surface area (Å²) in [6.45, 7) is 7.02. The molecule has 3 rings (SSSR count). The molecule has 0 amide bonds. The number of nitrogens with zero attached hydrogens (tertiary/aromatic N) is 2. The molecule has 0 saturated carbocycles. The lowest BCUT2D eigenvalue weighted by atomic mass is 10.1. The van der Waals surface area contributed by atoms with Crippen LogP contribution in [-0.4, -0.2) is 30.1 Å². The molecule has 0 aliphatic rings. The van der Waals surface area contributed by atoms with Gasteiger partial charge in [0.2, 0.25) is 0 Å². The highest BCUT2D eigenvalue weighted by Crippen LogP contribution is 2.35. The van der Waals surface area contributed by atoms with Crippen LogP contribution in [-0.2, 0) is 9.47 Å². The van der Waals surface area contributed by atoms with Gasteiger partial charge in [0.15, 0.2) is 0 Å². The Morgan fingerprint density at radius 2 is 2.00 bits per heavy atom. The standard InChI is InChI=1S/C24H20FN3O4S2/c1-4-10-32-24(30)20-14(3)19(23(29)31-5-2)22(34-20)27-12-16(11-26)21-28-18(13-33-21)15-6-8-17(25)9-7-15/h4,6-9,12-13,27H,1,5,10H2,2-3H3. The fourth-order valence-electron chi connectivity index (χ4n) is 2.89. The molecule has 0 bridgehead atoms. The summed E-state index contributed by atoms with van der Waals surface area (Å²) in [5, 5.41) is 15.2. The number of halogens is 1. The number of anilines is 1. The van der Waals surface area contributed by atoms with Gasteiger partial charge in [-0.25, -0.2) is 19.0 Å². The number of carbonyl (C=O) groups excluding carboxylic acids is 2. The first-order chi connectivity index (χ1) is 16.4. The number of thiophene rings is 1. The van der Waals surface area contributed by atoms with E-state index in [4.69, 9.17) is 9.47 Å². The van der Waals surface area contributed by atoms with E-state index >= 15 is 0 Å². The minimum absolute atomic E-state index is 0.0343. The summed E-state index contributed by atoms with van der Waals surface area (Å²) in [7, 11) is 0. The second-order valence-electron chi connectivity index (χ2n) is 6.73. The minimum Gasteiger partial charge on any atom is -0.462 e. The number of ether oxygens (including phenoxy) is 2. The lowest BCUT2D eigenvalue weighted by molar-refractivity contribution is 0.0527. The number of rotatable bonds is 9. The van der Waals surface area contributed by atoms with Crippen LogP contribution in [0.25, 0.3) is 16.8 Å². The van der Waals surface area contributed by atoms with Crippen LogP contribution in [0.4, 0.5) is 9.39 Å². The number of esters is 2. The zero-order valence-corrected chi connectivity index (χ0v) is 20.0. The Labute approximate surface area is 203 Å². The number of benzene rings is 1. The summed E-state index contributed by atoms with van der Waals surface area (Å²) in [6, 6.07) is 7.97. The van der Waals surface area contributed by atoms with E-state index in [1.54, 1.807) is 31.4 Å². The van der Waals surface area contributed by atoms with Crippen molar-refractivity contribution in [1.29, 1.82) is 5.26 Å². The van der Waals surface area contributed by atoms with Crippen LogP contribution in [0.2, 0.25) is 0 Å². The van der Waals surface area contributed by atoms with Crippen molar-refractivity contribution in [2.24, 2.45) is 0 Å². The van der Waals surface area contributed by atoms with E-state index in [0.717, 1.165) is 16.9 Å². The average Bonchev–Trinajstić information content (AvgIpc) is 3.44. The van der Waals surface area contributed by atoms with Gasteiger partial charge in [-0.15, -0.1) is 22.7 Å². The van der Waals surface area contributed by atoms with Gasteiger partial charge in [0.05, 0.1) is 17.9 Å². The zero-order chi connectivity index (χ0) is 24.7. The molecule has 1 N–H and O–H groups in total. The molecule has 34 heavy (non-hydrogen) atoms. The van der Waals surface area contributed by atoms with Crippen molar-refractivity contribution in [3.8, 4) is 17.3 Å². The maximum absolute atomic E-state index is 13.2. The molecular weight excluding hydrogens is 477 g/mol. The summed E-state index contributed by atoms with van der Waals surface area (Å²) in [4.78, 5) is 29.7. The molecule has 1 aromatic carbocycles. The monoisotopic (exact) mass is 497 g/mol. The van der Waals surface area contributed by atoms with Crippen LogP contribution in [0.1, 0.15) is 37.5 Å². The Hall–Kier alpha value is -3.81. The number of allylic oxidation sites excluding steroid dienone is 1. The van der Waals surface area contributed by atoms with Gasteiger partial charge < -0.3 is 14.8 Å². The van der Waals surface area contributed by atoms with Gasteiger partial charge in [-0.3, -0.25) is 0 Å². The van der Waals surface area contributed by atoms with E-state index in [1.165, 1.54) is 35.7 Å². The Bertz CT molecular complexity index is 1290. The van der Waals surface area contributed by atoms with E-state index in [9.17, 15) is 19.2 Å². The maximum atomic E-state index is 13.2. The molecule has 0 radical (unpaired) electrons. The summed E-state index contributed by atoms with van der Waals surface area (Å²) in [5.74, 6) is -1.53. The lowest BCUT2D eigenvalue weighted by Crippen LogP contribution is -2.09. The first-order valence-electron chi connectivity index (χ1n) is 10.1. The number of carbonyl (C=O) groups is 2. The normalized spacial score (nSPS) is 10.9. The molecule has 0 aliphatic carbocycles. The highest BCUT2D eigenvalue weighted by Gasteiger charge is 2.26. The Morgan fingerprint density at radius 3 is 2.65 bits per heavy atom. The predicted octanol–water partition coefficient (Wildman–Crippen LogP) is 5.82. The van der Waals surface area contributed by atoms with Crippen molar-refractivity contribution in [3.63, 3.8) is 0 Å². The van der Waals surface area contributed by atoms with Crippen LogP contribution in [0.3, 0.4) is 0 Å². The number of nitriles is 1. The SMILES string of the molecule is C=CCOC(=O)c1sc(NC=C(C#N)c2nc(-c3ccc(F)cc3)cs2)c(C(=O)OCC)c1C. The Morgan fingerprint density at radius 1 is 1.26 bits per heavy atom. The molecule has 2 heterocycles. The molecule has 10 heteroatoms. The fourth-order valence-corrected chi connectivity index (χ4v) is 4.74. The van der Waals surface area contributed by atoms with Crippen LogP contribution in [0, 0.1) is 24.1 Å². The quantitative estimate of drug-likeness (QED) is 0.226. The van der Waals surface area contributed by atoms with Crippen molar-refractivity contribution in [1.82, 2.24) is 4.98 Å². The molecule has 0 unspecified atom stereocenters. The maximum Gasteiger partial charge on any atom is 0.348 e. The molecule has 0 aliphatic heterocycles. The lowest BCUT2D eigenvalue weighted by Gasteiger charge is -2.05. The number of aromatic nitrogens is 1. The van der Waals surface area contributed by atoms with Crippen LogP contribution >= 0.6 is 22.7 Å². The van der Waals surface area contributed by atoms with E-state index in [2.05, 4.69) is 22.9 Å². The van der Waals surface area contributed by atoms with Crippen LogP contribution < -0.4 is 5.32 Å². The van der Waals surface area contributed by atoms with Crippen molar-refractivity contribution >= 4 is 45.2 Å². The molecule has 0 saturated heterocycles. The van der Waals surface area contributed by atoms with E-state index in [-0.39, 0.29) is 35.0 Å². The second-order valence-corrected chi connectivity index (χ2v) is 8.61. The molecule has 7 nitrogen and oxygen atoms in total. The third-order valence-corrected chi connectivity index (χ3v) is 6.57. The first-order valence-corrected chi connectivity index (χ1v) is 11.8. The molecule has 0 fully saturated rings. The van der Waals surface area contributed by atoms with E-state index in [1.807, 2.05) is 0 Å². The first kappa shape index (κ1) is 24.8. The van der Waals surface area contributed by atoms with Gasteiger partial charge in [0.25, 0.3) is 0 Å². The van der Waals surface area contributed by atoms with Crippen molar-refractivity contribution < 1.29 is 23.5 Å². The number of thiazole rings is 1. The topological polar surface area (TPSA) is 101 Å². The Balaban J connectivity index is 1.92. The minimum atomic E-state index is -0.596. The van der Waals surface area contributed by atoms with Crippen molar-refractivity contribution in [2.45, 2.75) is 13.8 Å². The highest BCUT2D eigenvalue weighted by molar-refractivity contribution is 7.18. The summed E-state index contributed by atoms with van der Waals surface area (Å²) < 4.78 is 23.4. The highest BCUT2D eigenvalue weighted by atomic mass is 32.1. The third kappa shape index (κ3) is 5.57. The molecule has 174 valence electrons. The fraction of sp³-hybridized carbons (Fsp3) is 0.167. The van der Waals surface area contributed by atoms with Gasteiger partial charge in [-0.2, -0.15) is 5.26 Å². The average molecular weight is 498 g/mol. The van der Waals surface area contributed by atoms with E-state index in [0.29, 0.717) is 21.3 Å². The third-order valence-electron chi connectivity index (χ3n) is 4.49. The number of hydrogen-bond donors (Lipinski definition) is 1. The molecular formula is C24H20FN3O4S2. The summed E-state index contributed by atoms with van der Waals surface area (Å²) in [5.41, 5.74) is 2.15. The van der Waals surface area contributed by atoms with Crippen LogP contribution in [0.15, 0.2) is 48.5 Å². The van der Waals surface area contributed by atoms with Crippen molar-refractivity contribution in [2.75, 3.05) is 18.5 Å². The Kier molecular flexibility index (Phi) is 8.29. The molecule has 3 aromatic rings. The van der Waals surface area contributed by atoms with Gasteiger partial charge >= 0.3 is 11.9 Å². The summed E-state index contributed by atoms with van der Waals surface area (Å²) in [6.07, 6.45) is 2.86. The van der Waals surface area contributed by atoms with Gasteiger partial charge in [0, 0.05) is 17.1 Å². The molecule has 2 aromatic heterocycles. The summed E-state index contributed by atoms with van der Waals surface area (Å²) >= 11 is 2.27. The second kappa shape index (κ2) is 11.4. The zero-order valence-electron chi connectivity index (χ0n) is 18.4. The number of nitrogens with one attached hydrogen (secondary N) is 1. The largest absolute Gasteiger partial charge is 0.462 e. The predicted molar refractivity (Wildman–Crippen MR) is 130 cm³/mol. The van der Waals surface area contributed by atoms with Gasteiger partial charge in [-0.05, 0) is 43.7 Å². The van der Waals surface area contributed by atoms with Crippen LogP contribution in [0.5, 0.6) is 0 Å². The van der Waals surface area contributed by atoms with Gasteiger partial charge in [0.1, 0.15) is 39.0 Å². The van der Waals surface area contributed by atoms with Gasteiger partial charge in [-0.1, -0.05) is 12.7 Å². The molecule has 0 atom stereocenters. The van der Waals surface area contributed by atoms with Crippen molar-refractivity contribution in [3.05, 3.63) is 75.3 Å². The number of hydrogen-bond acceptors (Lipinski definition) is 9. The smallest absolute Gasteiger partial charge is 0.348 e. The van der Waals surface area contributed by atoms with E-state index < -0.39 is 11.9 Å².